The Labute approximate surface area is 135 Å². The summed E-state index contributed by atoms with van der Waals surface area (Å²) in [7, 11) is 0. The first-order valence-electron chi connectivity index (χ1n) is 6.96. The molecule has 0 saturated carbocycles. The minimum Gasteiger partial charge on any atom is -0.504 e. The van der Waals surface area contributed by atoms with Crippen LogP contribution in [0.3, 0.4) is 0 Å². The molecule has 0 aliphatic carbocycles. The summed E-state index contributed by atoms with van der Waals surface area (Å²) in [6, 6.07) is 5.24. The van der Waals surface area contributed by atoms with Gasteiger partial charge in [0.05, 0.1) is 0 Å². The van der Waals surface area contributed by atoms with Gasteiger partial charge in [0.15, 0.2) is 11.5 Å². The Morgan fingerprint density at radius 2 is 1.65 bits per heavy atom. The van der Waals surface area contributed by atoms with Crippen LogP contribution in [0.1, 0.15) is 31.6 Å². The molecule has 0 aromatic heterocycles. The van der Waals surface area contributed by atoms with Gasteiger partial charge >= 0.3 is 0 Å². The van der Waals surface area contributed by atoms with Crippen molar-refractivity contribution in [1.82, 2.24) is 0 Å². The molecule has 0 saturated heterocycles. The summed E-state index contributed by atoms with van der Waals surface area (Å²) >= 11 is 5.87. The van der Waals surface area contributed by atoms with E-state index in [9.17, 15) is 10.2 Å². The maximum absolute atomic E-state index is 9.73. The van der Waals surface area contributed by atoms with Gasteiger partial charge in [-0.15, -0.1) is 0 Å². The minimum atomic E-state index is -0.0448. The second-order valence-electron chi connectivity index (χ2n) is 4.28. The van der Waals surface area contributed by atoms with Crippen LogP contribution in [0.4, 0.5) is 0 Å². The van der Waals surface area contributed by atoms with Crippen molar-refractivity contribution in [3.63, 3.8) is 0 Å². The highest BCUT2D eigenvalue weighted by Gasteiger charge is 2.24. The van der Waals surface area contributed by atoms with Gasteiger partial charge in [-0.25, -0.2) is 0 Å². The molecule has 0 bridgehead atoms. The highest BCUT2D eigenvalue weighted by molar-refractivity contribution is 8.05. The molecule has 5 heteroatoms. The number of rotatable bonds is 9. The maximum Gasteiger partial charge on any atom is 0.157 e. The van der Waals surface area contributed by atoms with Crippen LogP contribution in [0.5, 0.6) is 11.5 Å². The van der Waals surface area contributed by atoms with Crippen molar-refractivity contribution in [2.75, 3.05) is 23.0 Å². The van der Waals surface area contributed by atoms with Crippen molar-refractivity contribution in [1.29, 1.82) is 0 Å². The van der Waals surface area contributed by atoms with Crippen molar-refractivity contribution in [2.45, 2.75) is 31.3 Å². The van der Waals surface area contributed by atoms with Crippen molar-refractivity contribution in [2.24, 2.45) is 0 Å². The topological polar surface area (TPSA) is 40.5 Å². The lowest BCUT2D eigenvalue weighted by Crippen LogP contribution is -2.17. The van der Waals surface area contributed by atoms with Gasteiger partial charge in [0, 0.05) is 16.3 Å². The Bertz CT molecular complexity index is 399. The monoisotopic (exact) mass is 332 g/mol. The van der Waals surface area contributed by atoms with Crippen LogP contribution in [0.15, 0.2) is 18.2 Å². The van der Waals surface area contributed by atoms with Crippen LogP contribution in [0.2, 0.25) is 0 Å². The van der Waals surface area contributed by atoms with E-state index in [0.717, 1.165) is 28.6 Å². The predicted molar refractivity (Wildman–Crippen MR) is 95.6 cm³/mol. The Hall–Kier alpha value is -0.130. The molecule has 0 amide bonds. The third-order valence-electron chi connectivity index (χ3n) is 2.88. The van der Waals surface area contributed by atoms with E-state index in [2.05, 4.69) is 20.8 Å². The van der Waals surface area contributed by atoms with Gasteiger partial charge in [0.1, 0.15) is 0 Å². The lowest BCUT2D eigenvalue weighted by molar-refractivity contribution is 0.403. The van der Waals surface area contributed by atoms with Crippen LogP contribution >= 0.6 is 35.3 Å². The lowest BCUT2D eigenvalue weighted by atomic mass is 10.1. The number of thioether (sulfide) groups is 3. The van der Waals surface area contributed by atoms with Crippen molar-refractivity contribution < 1.29 is 10.2 Å². The first kappa shape index (κ1) is 17.9. The van der Waals surface area contributed by atoms with Crippen molar-refractivity contribution in [3.05, 3.63) is 23.8 Å². The standard InChI is InChI=1S/C15H24O2S3/c1-4-18-10-14(19-5-2)15(20-6-3)11-7-8-12(16)13(17)9-11/h7-9,14-17H,4-6,10H2,1-3H3. The highest BCUT2D eigenvalue weighted by Crippen LogP contribution is 2.41. The van der Waals surface area contributed by atoms with Crippen LogP contribution < -0.4 is 0 Å². The third kappa shape index (κ3) is 5.34. The number of phenols is 2. The summed E-state index contributed by atoms with van der Waals surface area (Å²) < 4.78 is 0. The summed E-state index contributed by atoms with van der Waals surface area (Å²) in [5.74, 6) is 4.33. The van der Waals surface area contributed by atoms with E-state index in [1.165, 1.54) is 0 Å². The molecule has 1 rings (SSSR count). The fraction of sp³-hybridized carbons (Fsp3) is 0.600. The van der Waals surface area contributed by atoms with E-state index >= 15 is 0 Å². The average molecular weight is 333 g/mol. The lowest BCUT2D eigenvalue weighted by Gasteiger charge is -2.26. The SMILES string of the molecule is CCSCC(SCC)C(SCC)c1ccc(O)c(O)c1. The zero-order valence-electron chi connectivity index (χ0n) is 12.3. The van der Waals surface area contributed by atoms with E-state index in [1.54, 1.807) is 12.1 Å². The number of phenolic OH excluding ortho intramolecular Hbond substituents is 2. The number of benzene rings is 1. The molecule has 0 aliphatic heterocycles. The molecule has 2 atom stereocenters. The van der Waals surface area contributed by atoms with Gasteiger partial charge in [-0.05, 0) is 35.0 Å². The molecule has 0 spiro atoms. The molecular weight excluding hydrogens is 308 g/mol. The molecule has 2 nitrogen and oxygen atoms in total. The molecule has 2 unspecified atom stereocenters. The second kappa shape index (κ2) is 9.74. The fourth-order valence-electron chi connectivity index (χ4n) is 1.99. The zero-order chi connectivity index (χ0) is 15.0. The van der Waals surface area contributed by atoms with Gasteiger partial charge in [-0.1, -0.05) is 26.8 Å². The third-order valence-corrected chi connectivity index (χ3v) is 6.76. The summed E-state index contributed by atoms with van der Waals surface area (Å²) in [5, 5.41) is 20.1. The van der Waals surface area contributed by atoms with Crippen LogP contribution in [-0.2, 0) is 0 Å². The predicted octanol–water partition coefficient (Wildman–Crippen LogP) is 4.77. The smallest absolute Gasteiger partial charge is 0.157 e. The number of hydrogen-bond donors (Lipinski definition) is 2. The largest absolute Gasteiger partial charge is 0.504 e. The first-order chi connectivity index (χ1) is 9.63. The molecular formula is C15H24O2S3. The molecule has 0 heterocycles. The summed E-state index contributed by atoms with van der Waals surface area (Å²) in [6.45, 7) is 6.54. The van der Waals surface area contributed by atoms with Gasteiger partial charge in [0.2, 0.25) is 0 Å². The molecule has 0 fully saturated rings. The van der Waals surface area contributed by atoms with Gasteiger partial charge in [-0.2, -0.15) is 35.3 Å². The Balaban J connectivity index is 2.95. The second-order valence-corrected chi connectivity index (χ2v) is 8.53. The summed E-state index contributed by atoms with van der Waals surface area (Å²) in [6.07, 6.45) is 0. The molecule has 114 valence electrons. The van der Waals surface area contributed by atoms with Crippen LogP contribution in [0.25, 0.3) is 0 Å². The van der Waals surface area contributed by atoms with Crippen molar-refractivity contribution in [3.8, 4) is 11.5 Å². The fourth-order valence-corrected chi connectivity index (χ4v) is 5.68. The minimum absolute atomic E-state index is 0.0207. The first-order valence-corrected chi connectivity index (χ1v) is 10.2. The van der Waals surface area contributed by atoms with E-state index in [0.29, 0.717) is 10.5 Å². The summed E-state index contributed by atoms with van der Waals surface area (Å²) in [5.41, 5.74) is 1.11. The number of hydrogen-bond acceptors (Lipinski definition) is 5. The summed E-state index contributed by atoms with van der Waals surface area (Å²) in [4.78, 5) is 0. The van der Waals surface area contributed by atoms with E-state index in [-0.39, 0.29) is 11.5 Å². The van der Waals surface area contributed by atoms with Crippen LogP contribution in [0, 0.1) is 0 Å². The molecule has 1 aromatic rings. The van der Waals surface area contributed by atoms with Gasteiger partial charge in [0.25, 0.3) is 0 Å². The van der Waals surface area contributed by atoms with Gasteiger partial charge < -0.3 is 10.2 Å². The Kier molecular flexibility index (Phi) is 8.73. The van der Waals surface area contributed by atoms with E-state index < -0.39 is 0 Å². The normalized spacial score (nSPS) is 14.2. The molecule has 2 N–H and O–H groups in total. The molecule has 0 aliphatic rings. The van der Waals surface area contributed by atoms with Crippen molar-refractivity contribution >= 4 is 35.3 Å². The molecule has 0 radical (unpaired) electrons. The van der Waals surface area contributed by atoms with E-state index in [1.807, 2.05) is 41.4 Å². The highest BCUT2D eigenvalue weighted by atomic mass is 32.2. The molecule has 20 heavy (non-hydrogen) atoms. The Morgan fingerprint density at radius 1 is 0.950 bits per heavy atom. The maximum atomic E-state index is 9.73. The Morgan fingerprint density at radius 3 is 2.20 bits per heavy atom. The zero-order valence-corrected chi connectivity index (χ0v) is 14.8. The van der Waals surface area contributed by atoms with Crippen LogP contribution in [-0.4, -0.2) is 38.5 Å². The quantitative estimate of drug-likeness (QED) is 0.638. The average Bonchev–Trinajstić information content (AvgIpc) is 2.44. The van der Waals surface area contributed by atoms with E-state index in [4.69, 9.17) is 0 Å². The molecule has 1 aromatic carbocycles. The number of aromatic hydroxyl groups is 2. The van der Waals surface area contributed by atoms with Gasteiger partial charge in [-0.3, -0.25) is 0 Å².